The molecule has 0 saturated carbocycles. The molecule has 0 fully saturated rings. The van der Waals surface area contributed by atoms with Crippen LogP contribution in [0.3, 0.4) is 0 Å². The zero-order valence-electron chi connectivity index (χ0n) is 15.9. The lowest BCUT2D eigenvalue weighted by Crippen LogP contribution is -2.44. The molecule has 2 amide bonds. The van der Waals surface area contributed by atoms with E-state index in [1.807, 2.05) is 0 Å². The van der Waals surface area contributed by atoms with Gasteiger partial charge in [0, 0.05) is 25.2 Å². The van der Waals surface area contributed by atoms with E-state index in [0.29, 0.717) is 19.6 Å². The molecule has 0 aromatic heterocycles. The van der Waals surface area contributed by atoms with E-state index < -0.39 is 0 Å². The molecule has 6 nitrogen and oxygen atoms in total. The minimum absolute atomic E-state index is 0.133. The molecule has 0 atom stereocenters. The van der Waals surface area contributed by atoms with Crippen molar-refractivity contribution in [3.63, 3.8) is 0 Å². The second kappa shape index (κ2) is 11.2. The van der Waals surface area contributed by atoms with Crippen molar-refractivity contribution in [3.05, 3.63) is 60.7 Å². The fourth-order valence-electron chi connectivity index (χ4n) is 2.47. The van der Waals surface area contributed by atoms with Gasteiger partial charge >= 0.3 is 0 Å². The Hall–Kier alpha value is -2.44. The van der Waals surface area contributed by atoms with Gasteiger partial charge < -0.3 is 20.4 Å². The first-order chi connectivity index (χ1) is 12.4. The first kappa shape index (κ1) is 21.6. The molecule has 0 aliphatic heterocycles. The molecule has 0 heterocycles. The number of nitrogens with one attached hydrogen (secondary N) is 3. The number of hydrogen-bond donors (Lipinski definition) is 3. The van der Waals surface area contributed by atoms with Crippen molar-refractivity contribution in [2.24, 2.45) is 0 Å². The number of quaternary nitrogens is 1. The van der Waals surface area contributed by atoms with Crippen molar-refractivity contribution < 1.29 is 14.1 Å². The van der Waals surface area contributed by atoms with Gasteiger partial charge in [-0.1, -0.05) is 37.4 Å². The highest BCUT2D eigenvalue weighted by molar-refractivity contribution is 5.87. The van der Waals surface area contributed by atoms with E-state index >= 15 is 0 Å². The topological polar surface area (TPSA) is 70.2 Å². The molecule has 0 saturated heterocycles. The number of benzene rings is 1. The maximum absolute atomic E-state index is 11.2. The van der Waals surface area contributed by atoms with Crippen LogP contribution in [-0.4, -0.2) is 56.6 Å². The quantitative estimate of drug-likeness (QED) is 0.296. The number of carbonyl (C=O) groups excluding carboxylic acids is 2. The summed E-state index contributed by atoms with van der Waals surface area (Å²) in [6.45, 7) is 11.3. The lowest BCUT2D eigenvalue weighted by molar-refractivity contribution is -0.902. The van der Waals surface area contributed by atoms with E-state index in [2.05, 4.69) is 67.5 Å². The summed E-state index contributed by atoms with van der Waals surface area (Å²) in [6.07, 6.45) is 2.56. The minimum atomic E-state index is -0.152. The van der Waals surface area contributed by atoms with Gasteiger partial charge in [0.25, 0.3) is 0 Å². The van der Waals surface area contributed by atoms with Crippen molar-refractivity contribution in [2.45, 2.75) is 13.1 Å². The van der Waals surface area contributed by atoms with Gasteiger partial charge in [0.05, 0.1) is 27.2 Å². The molecule has 1 rings (SSSR count). The second-order valence-electron chi connectivity index (χ2n) is 6.80. The highest BCUT2D eigenvalue weighted by Gasteiger charge is 2.15. The average Bonchev–Trinajstić information content (AvgIpc) is 2.61. The van der Waals surface area contributed by atoms with E-state index in [0.717, 1.165) is 24.1 Å². The van der Waals surface area contributed by atoms with Crippen LogP contribution < -0.4 is 16.0 Å². The van der Waals surface area contributed by atoms with Crippen LogP contribution in [0, 0.1) is 0 Å². The van der Waals surface area contributed by atoms with Crippen molar-refractivity contribution in [1.82, 2.24) is 16.0 Å². The molecule has 1 aromatic rings. The van der Waals surface area contributed by atoms with Crippen molar-refractivity contribution >= 4 is 11.8 Å². The monoisotopic (exact) mass is 359 g/mol. The van der Waals surface area contributed by atoms with E-state index in [4.69, 9.17) is 0 Å². The molecule has 1 aromatic carbocycles. The van der Waals surface area contributed by atoms with Gasteiger partial charge in [-0.2, -0.15) is 0 Å². The lowest BCUT2D eigenvalue weighted by Gasteiger charge is -2.30. The summed E-state index contributed by atoms with van der Waals surface area (Å²) >= 11 is 0. The standard InChI is InChI=1S/C20H30N4O2/c1-5-19(25)22-12-11-21-15-17-7-9-18(10-8-17)16-24(3,4)14-13-23-20(26)6-2/h5-10,21H,1-2,11-16H2,3-4H3,(H-,22,23,25,26)/p+1. The smallest absolute Gasteiger partial charge is 0.243 e. The third-order valence-corrected chi connectivity index (χ3v) is 3.95. The third kappa shape index (κ3) is 9.15. The molecule has 0 unspecified atom stereocenters. The first-order valence-corrected chi connectivity index (χ1v) is 8.77. The van der Waals surface area contributed by atoms with Crippen molar-refractivity contribution in [1.29, 1.82) is 0 Å². The SMILES string of the molecule is C=CC(=O)NCCNCc1ccc(C[N+](C)(C)CCNC(=O)C=C)cc1. The predicted molar refractivity (Wildman–Crippen MR) is 105 cm³/mol. The molecular formula is C20H31N4O2+. The molecule has 0 aliphatic carbocycles. The van der Waals surface area contributed by atoms with Gasteiger partial charge in [0.1, 0.15) is 6.54 Å². The third-order valence-electron chi connectivity index (χ3n) is 3.95. The fraction of sp³-hybridized carbons (Fsp3) is 0.400. The van der Waals surface area contributed by atoms with Crippen molar-refractivity contribution in [3.8, 4) is 0 Å². The van der Waals surface area contributed by atoms with Gasteiger partial charge in [0.15, 0.2) is 0 Å². The summed E-state index contributed by atoms with van der Waals surface area (Å²) in [5, 5.41) is 8.83. The van der Waals surface area contributed by atoms with Gasteiger partial charge in [0.2, 0.25) is 11.8 Å². The summed E-state index contributed by atoms with van der Waals surface area (Å²) in [5.74, 6) is -0.285. The summed E-state index contributed by atoms with van der Waals surface area (Å²) in [7, 11) is 4.29. The zero-order valence-corrected chi connectivity index (χ0v) is 15.9. The van der Waals surface area contributed by atoms with Crippen LogP contribution in [0.25, 0.3) is 0 Å². The summed E-state index contributed by atoms with van der Waals surface area (Å²) in [5.41, 5.74) is 2.46. The Balaban J connectivity index is 2.34. The Morgan fingerprint density at radius 2 is 1.46 bits per heavy atom. The summed E-state index contributed by atoms with van der Waals surface area (Å²) in [4.78, 5) is 22.2. The van der Waals surface area contributed by atoms with Gasteiger partial charge in [-0.05, 0) is 17.7 Å². The molecular weight excluding hydrogens is 328 g/mol. The Morgan fingerprint density at radius 1 is 0.923 bits per heavy atom. The van der Waals surface area contributed by atoms with Crippen LogP contribution in [0.2, 0.25) is 0 Å². The number of rotatable bonds is 12. The molecule has 0 aliphatic rings. The lowest BCUT2D eigenvalue weighted by atomic mass is 10.1. The van der Waals surface area contributed by atoms with Crippen molar-refractivity contribution in [2.75, 3.05) is 40.3 Å². The van der Waals surface area contributed by atoms with Gasteiger partial charge in [-0.15, -0.1) is 0 Å². The Labute approximate surface area is 156 Å². The van der Waals surface area contributed by atoms with E-state index in [9.17, 15) is 9.59 Å². The maximum Gasteiger partial charge on any atom is 0.243 e. The molecule has 3 N–H and O–H groups in total. The van der Waals surface area contributed by atoms with E-state index in [-0.39, 0.29) is 11.8 Å². The van der Waals surface area contributed by atoms with Crippen LogP contribution >= 0.6 is 0 Å². The van der Waals surface area contributed by atoms with Gasteiger partial charge in [-0.3, -0.25) is 9.59 Å². The average molecular weight is 359 g/mol. The van der Waals surface area contributed by atoms with E-state index in [1.54, 1.807) is 0 Å². The van der Waals surface area contributed by atoms with Crippen LogP contribution in [-0.2, 0) is 22.7 Å². The fourth-order valence-corrected chi connectivity index (χ4v) is 2.47. The highest BCUT2D eigenvalue weighted by atomic mass is 16.2. The molecule has 0 radical (unpaired) electrons. The second-order valence-corrected chi connectivity index (χ2v) is 6.80. The Bertz CT molecular complexity index is 609. The van der Waals surface area contributed by atoms with E-state index in [1.165, 1.54) is 23.3 Å². The van der Waals surface area contributed by atoms with Crippen LogP contribution in [0.4, 0.5) is 0 Å². The molecule has 6 heteroatoms. The number of nitrogens with zero attached hydrogens (tertiary/aromatic N) is 1. The minimum Gasteiger partial charge on any atom is -0.351 e. The number of likely N-dealkylation sites (N-methyl/N-ethyl adjacent to an activating group) is 1. The Morgan fingerprint density at radius 3 is 2.04 bits per heavy atom. The number of amides is 2. The first-order valence-electron chi connectivity index (χ1n) is 8.77. The molecule has 26 heavy (non-hydrogen) atoms. The molecule has 142 valence electrons. The normalized spacial score (nSPS) is 10.8. The number of hydrogen-bond acceptors (Lipinski definition) is 3. The highest BCUT2D eigenvalue weighted by Crippen LogP contribution is 2.10. The van der Waals surface area contributed by atoms with Gasteiger partial charge in [-0.25, -0.2) is 0 Å². The van der Waals surface area contributed by atoms with Crippen LogP contribution in [0.15, 0.2) is 49.6 Å². The summed E-state index contributed by atoms with van der Waals surface area (Å²) < 4.78 is 0.790. The Kier molecular flexibility index (Phi) is 9.33. The summed E-state index contributed by atoms with van der Waals surface area (Å²) in [6, 6.07) is 8.51. The molecule has 0 bridgehead atoms. The van der Waals surface area contributed by atoms with Crippen LogP contribution in [0.5, 0.6) is 0 Å². The number of carbonyl (C=O) groups is 2. The molecule has 0 spiro atoms. The predicted octanol–water partition coefficient (Wildman–Crippen LogP) is 0.957. The van der Waals surface area contributed by atoms with Crippen LogP contribution in [0.1, 0.15) is 11.1 Å². The zero-order chi connectivity index (χ0) is 19.4. The maximum atomic E-state index is 11.2. The largest absolute Gasteiger partial charge is 0.351 e.